The molecule has 0 radical (unpaired) electrons. The Morgan fingerprint density at radius 1 is 1.19 bits per heavy atom. The molecule has 4 aromatic rings. The third-order valence-corrected chi connectivity index (χ3v) is 5.20. The van der Waals surface area contributed by atoms with Gasteiger partial charge in [-0.2, -0.15) is 0 Å². The first-order valence-corrected chi connectivity index (χ1v) is 9.02. The van der Waals surface area contributed by atoms with Crippen LogP contribution in [0.4, 0.5) is 0 Å². The molecule has 7 nitrogen and oxygen atoms in total. The van der Waals surface area contributed by atoms with Crippen LogP contribution in [0.15, 0.2) is 55.8 Å². The van der Waals surface area contributed by atoms with Gasteiger partial charge in [0.05, 0.1) is 11.9 Å². The Kier molecular flexibility index (Phi) is 4.21. The van der Waals surface area contributed by atoms with Gasteiger partial charge in [0.25, 0.3) is 5.56 Å². The van der Waals surface area contributed by atoms with E-state index in [9.17, 15) is 14.4 Å². The first-order chi connectivity index (χ1) is 12.9. The second kappa shape index (κ2) is 6.57. The van der Waals surface area contributed by atoms with Gasteiger partial charge < -0.3 is 9.52 Å². The van der Waals surface area contributed by atoms with Gasteiger partial charge in [-0.25, -0.2) is 9.59 Å². The van der Waals surface area contributed by atoms with Gasteiger partial charge in [0.15, 0.2) is 0 Å². The van der Waals surface area contributed by atoms with Crippen LogP contribution in [-0.4, -0.2) is 20.6 Å². The van der Waals surface area contributed by atoms with Gasteiger partial charge >= 0.3 is 11.7 Å². The van der Waals surface area contributed by atoms with Crippen molar-refractivity contribution in [2.24, 2.45) is 0 Å². The number of nitrogens with zero attached hydrogens (tertiary/aromatic N) is 1. The number of hydrogen-bond acceptors (Lipinski definition) is 5. The van der Waals surface area contributed by atoms with E-state index in [0.717, 1.165) is 10.1 Å². The van der Waals surface area contributed by atoms with E-state index in [-0.39, 0.29) is 18.1 Å². The Bertz CT molecular complexity index is 1280. The van der Waals surface area contributed by atoms with Crippen LogP contribution in [-0.2, 0) is 6.54 Å². The van der Waals surface area contributed by atoms with Gasteiger partial charge in [-0.05, 0) is 29.8 Å². The molecule has 27 heavy (non-hydrogen) atoms. The zero-order valence-electron chi connectivity index (χ0n) is 13.6. The molecule has 3 heterocycles. The van der Waals surface area contributed by atoms with E-state index >= 15 is 0 Å². The molecular weight excluding hydrogens is 392 g/mol. The molecule has 3 aromatic heterocycles. The van der Waals surface area contributed by atoms with Gasteiger partial charge in [-0.15, -0.1) is 11.3 Å². The maximum atomic E-state index is 13.0. The number of nitrogens with one attached hydrogen (secondary N) is 1. The molecular formula is C18H11ClN2O5S. The number of thiophene rings is 1. The van der Waals surface area contributed by atoms with Gasteiger partial charge in [0, 0.05) is 16.0 Å². The van der Waals surface area contributed by atoms with Crippen LogP contribution in [0.3, 0.4) is 0 Å². The number of aromatic nitrogens is 2. The number of hydrogen-bond donors (Lipinski definition) is 2. The molecule has 0 bridgehead atoms. The predicted octanol–water partition coefficient (Wildman–Crippen LogP) is 3.41. The average Bonchev–Trinajstić information content (AvgIpc) is 3.26. The largest absolute Gasteiger partial charge is 0.475 e. The van der Waals surface area contributed by atoms with E-state index in [1.165, 1.54) is 23.5 Å². The molecule has 0 amide bonds. The van der Waals surface area contributed by atoms with Crippen LogP contribution >= 0.6 is 22.9 Å². The number of fused-ring (bicyclic) bond motifs is 1. The topological polar surface area (TPSA) is 105 Å². The predicted molar refractivity (Wildman–Crippen MR) is 102 cm³/mol. The van der Waals surface area contributed by atoms with E-state index in [4.69, 9.17) is 21.1 Å². The van der Waals surface area contributed by atoms with E-state index in [2.05, 4.69) is 4.98 Å². The van der Waals surface area contributed by atoms with E-state index in [1.807, 2.05) is 0 Å². The normalized spacial score (nSPS) is 11.1. The number of H-pyrrole nitrogens is 1. The Morgan fingerprint density at radius 3 is 2.59 bits per heavy atom. The van der Waals surface area contributed by atoms with Crippen molar-refractivity contribution < 1.29 is 14.3 Å². The molecule has 0 atom stereocenters. The fourth-order valence-electron chi connectivity index (χ4n) is 2.77. The summed E-state index contributed by atoms with van der Waals surface area (Å²) in [5, 5.41) is 11.7. The fourth-order valence-corrected chi connectivity index (χ4v) is 3.85. The lowest BCUT2D eigenvalue weighted by Gasteiger charge is -2.04. The number of carbonyl (C=O) groups is 1. The molecule has 0 saturated carbocycles. The number of carboxylic acids is 1. The number of halogens is 1. The molecule has 136 valence electrons. The summed E-state index contributed by atoms with van der Waals surface area (Å²) in [6.45, 7) is -0.173. The van der Waals surface area contributed by atoms with Crippen molar-refractivity contribution in [2.75, 3.05) is 0 Å². The second-order valence-corrected chi connectivity index (χ2v) is 7.07. The highest BCUT2D eigenvalue weighted by molar-refractivity contribution is 7.17. The third kappa shape index (κ3) is 3.09. The molecule has 0 aliphatic heterocycles. The Hall–Kier alpha value is -3.10. The van der Waals surface area contributed by atoms with Crippen LogP contribution in [0.1, 0.15) is 16.3 Å². The standard InChI is InChI=1S/C18H11ClN2O5S/c19-10-3-1-9(2-4-10)12-8-27-15-14(12)16(22)21(18(25)20-15)7-11-5-6-13(26-11)17(23)24/h1-6,8H,7H2,(H,20,25)(H,23,24). The van der Waals surface area contributed by atoms with Crippen LogP contribution in [0, 0.1) is 0 Å². The van der Waals surface area contributed by atoms with E-state index < -0.39 is 17.2 Å². The van der Waals surface area contributed by atoms with Crippen molar-refractivity contribution in [3.05, 3.63) is 79.2 Å². The summed E-state index contributed by atoms with van der Waals surface area (Å²) in [6.07, 6.45) is 0. The highest BCUT2D eigenvalue weighted by Gasteiger charge is 2.17. The van der Waals surface area contributed by atoms with E-state index in [1.54, 1.807) is 29.6 Å². The molecule has 0 saturated heterocycles. The smallest absolute Gasteiger partial charge is 0.371 e. The lowest BCUT2D eigenvalue weighted by Crippen LogP contribution is -2.35. The lowest BCUT2D eigenvalue weighted by molar-refractivity contribution is 0.0660. The summed E-state index contributed by atoms with van der Waals surface area (Å²) in [5.74, 6) is -1.28. The number of rotatable bonds is 4. The van der Waals surface area contributed by atoms with Crippen molar-refractivity contribution in [2.45, 2.75) is 6.54 Å². The van der Waals surface area contributed by atoms with Crippen molar-refractivity contribution >= 4 is 39.1 Å². The summed E-state index contributed by atoms with van der Waals surface area (Å²) in [5.41, 5.74) is 0.415. The number of carboxylic acid groups (broad SMARTS) is 1. The summed E-state index contributed by atoms with van der Waals surface area (Å²) in [6, 6.07) is 9.74. The van der Waals surface area contributed by atoms with Crippen LogP contribution in [0.25, 0.3) is 21.3 Å². The fraction of sp³-hybridized carbons (Fsp3) is 0.0556. The van der Waals surface area contributed by atoms with Gasteiger partial charge in [0.2, 0.25) is 5.76 Å². The SMILES string of the molecule is O=C(O)c1ccc(Cn2c(=O)[nH]c3scc(-c4ccc(Cl)cc4)c3c2=O)o1. The number of benzene rings is 1. The molecule has 0 fully saturated rings. The number of aromatic amines is 1. The van der Waals surface area contributed by atoms with Crippen molar-refractivity contribution in [3.8, 4) is 11.1 Å². The maximum absolute atomic E-state index is 13.0. The Morgan fingerprint density at radius 2 is 1.93 bits per heavy atom. The minimum absolute atomic E-state index is 0.173. The van der Waals surface area contributed by atoms with Crippen molar-refractivity contribution in [3.63, 3.8) is 0 Å². The Labute approximate surface area is 160 Å². The first kappa shape index (κ1) is 17.3. The molecule has 0 aliphatic rings. The number of furan rings is 1. The van der Waals surface area contributed by atoms with Gasteiger partial charge in [-0.3, -0.25) is 14.3 Å². The quantitative estimate of drug-likeness (QED) is 0.544. The highest BCUT2D eigenvalue weighted by Crippen LogP contribution is 2.30. The second-order valence-electron chi connectivity index (χ2n) is 5.75. The zero-order chi connectivity index (χ0) is 19.1. The minimum Gasteiger partial charge on any atom is -0.475 e. The molecule has 0 spiro atoms. The minimum atomic E-state index is -1.22. The maximum Gasteiger partial charge on any atom is 0.371 e. The number of aromatic carboxylic acids is 1. The van der Waals surface area contributed by atoms with Crippen LogP contribution in [0.5, 0.6) is 0 Å². The summed E-state index contributed by atoms with van der Waals surface area (Å²) < 4.78 is 6.14. The third-order valence-electron chi connectivity index (χ3n) is 4.06. The molecule has 0 aliphatic carbocycles. The lowest BCUT2D eigenvalue weighted by atomic mass is 10.1. The molecule has 9 heteroatoms. The Balaban J connectivity index is 1.85. The molecule has 4 rings (SSSR count). The van der Waals surface area contributed by atoms with Gasteiger partial charge in [0.1, 0.15) is 10.6 Å². The first-order valence-electron chi connectivity index (χ1n) is 7.76. The monoisotopic (exact) mass is 402 g/mol. The van der Waals surface area contributed by atoms with Crippen LogP contribution < -0.4 is 11.2 Å². The van der Waals surface area contributed by atoms with E-state index in [0.29, 0.717) is 20.8 Å². The molecule has 0 unspecified atom stereocenters. The summed E-state index contributed by atoms with van der Waals surface area (Å²) in [7, 11) is 0. The summed E-state index contributed by atoms with van der Waals surface area (Å²) >= 11 is 7.18. The molecule has 2 N–H and O–H groups in total. The van der Waals surface area contributed by atoms with Crippen LogP contribution in [0.2, 0.25) is 5.02 Å². The summed E-state index contributed by atoms with van der Waals surface area (Å²) in [4.78, 5) is 39.4. The van der Waals surface area contributed by atoms with Crippen molar-refractivity contribution in [1.82, 2.24) is 9.55 Å². The van der Waals surface area contributed by atoms with Crippen molar-refractivity contribution in [1.29, 1.82) is 0 Å². The zero-order valence-corrected chi connectivity index (χ0v) is 15.1. The molecule has 1 aromatic carbocycles. The average molecular weight is 403 g/mol. The highest BCUT2D eigenvalue weighted by atomic mass is 35.5. The van der Waals surface area contributed by atoms with Gasteiger partial charge in [-0.1, -0.05) is 23.7 Å².